The van der Waals surface area contributed by atoms with E-state index < -0.39 is 11.9 Å². The van der Waals surface area contributed by atoms with Gasteiger partial charge in [-0.2, -0.15) is 13.2 Å². The van der Waals surface area contributed by atoms with Crippen LogP contribution < -0.4 is 5.73 Å². The lowest BCUT2D eigenvalue weighted by Crippen LogP contribution is -2.05. The van der Waals surface area contributed by atoms with Gasteiger partial charge < -0.3 is 10.3 Å². The Balaban J connectivity index is 2.50. The molecule has 0 aliphatic carbocycles. The summed E-state index contributed by atoms with van der Waals surface area (Å²) >= 11 is 0. The van der Waals surface area contributed by atoms with E-state index in [0.29, 0.717) is 11.5 Å². The van der Waals surface area contributed by atoms with E-state index in [9.17, 15) is 13.2 Å². The number of anilines is 1. The van der Waals surface area contributed by atoms with Crippen molar-refractivity contribution in [2.24, 2.45) is 0 Å². The molecular formula is C13H13F3N2O. The first-order chi connectivity index (χ1) is 8.80. The standard InChI is InChI=1S/C13H13F3N2O/c1-7(2)8-3-5-9(6-4-8)10-11(13(14,15)16)19-18-12(10)17/h3-7H,1-2H3,(H2,17,18). The van der Waals surface area contributed by atoms with E-state index in [1.54, 1.807) is 24.3 Å². The first-order valence-electron chi connectivity index (χ1n) is 5.73. The Kier molecular flexibility index (Phi) is 3.26. The SMILES string of the molecule is CC(C)c1ccc(-c2c(N)noc2C(F)(F)F)cc1. The van der Waals surface area contributed by atoms with Crippen LogP contribution >= 0.6 is 0 Å². The lowest BCUT2D eigenvalue weighted by molar-refractivity contribution is -0.154. The number of nitrogens with zero attached hydrogens (tertiary/aromatic N) is 1. The maximum Gasteiger partial charge on any atom is 0.453 e. The highest BCUT2D eigenvalue weighted by Gasteiger charge is 2.40. The molecule has 0 saturated heterocycles. The van der Waals surface area contributed by atoms with E-state index in [2.05, 4.69) is 9.68 Å². The van der Waals surface area contributed by atoms with Crippen LogP contribution in [0.3, 0.4) is 0 Å². The van der Waals surface area contributed by atoms with Crippen molar-refractivity contribution in [3.8, 4) is 11.1 Å². The summed E-state index contributed by atoms with van der Waals surface area (Å²) in [5.41, 5.74) is 6.63. The molecule has 0 saturated carbocycles. The fourth-order valence-corrected chi connectivity index (χ4v) is 1.81. The Hall–Kier alpha value is -1.98. The highest BCUT2D eigenvalue weighted by atomic mass is 19.4. The number of aromatic nitrogens is 1. The van der Waals surface area contributed by atoms with Crippen LogP contribution in [0.1, 0.15) is 31.1 Å². The van der Waals surface area contributed by atoms with Crippen molar-refractivity contribution in [3.63, 3.8) is 0 Å². The largest absolute Gasteiger partial charge is 0.453 e. The molecule has 0 bridgehead atoms. The van der Waals surface area contributed by atoms with E-state index in [1.807, 2.05) is 13.8 Å². The average molecular weight is 270 g/mol. The summed E-state index contributed by atoms with van der Waals surface area (Å²) in [7, 11) is 0. The summed E-state index contributed by atoms with van der Waals surface area (Å²) in [6.07, 6.45) is -4.61. The normalized spacial score (nSPS) is 12.1. The quantitative estimate of drug-likeness (QED) is 0.895. The number of halogens is 3. The maximum atomic E-state index is 12.8. The second-order valence-corrected chi connectivity index (χ2v) is 4.55. The van der Waals surface area contributed by atoms with E-state index >= 15 is 0 Å². The van der Waals surface area contributed by atoms with Gasteiger partial charge in [0, 0.05) is 0 Å². The monoisotopic (exact) mass is 270 g/mol. The topological polar surface area (TPSA) is 52.0 Å². The summed E-state index contributed by atoms with van der Waals surface area (Å²) in [6, 6.07) is 6.72. The van der Waals surface area contributed by atoms with Gasteiger partial charge in [-0.1, -0.05) is 43.3 Å². The van der Waals surface area contributed by atoms with Crippen LogP contribution in [-0.2, 0) is 6.18 Å². The van der Waals surface area contributed by atoms with Gasteiger partial charge in [-0.3, -0.25) is 0 Å². The molecule has 1 aromatic heterocycles. The van der Waals surface area contributed by atoms with Gasteiger partial charge in [-0.05, 0) is 17.0 Å². The summed E-state index contributed by atoms with van der Waals surface area (Å²) in [6.45, 7) is 4.01. The molecule has 0 spiro atoms. The Bertz CT molecular complexity index is 571. The number of nitrogens with two attached hydrogens (primary N) is 1. The van der Waals surface area contributed by atoms with Crippen molar-refractivity contribution in [1.29, 1.82) is 0 Å². The highest BCUT2D eigenvalue weighted by molar-refractivity contribution is 5.76. The molecule has 0 aliphatic rings. The minimum Gasteiger partial charge on any atom is -0.380 e. The molecule has 0 aliphatic heterocycles. The average Bonchev–Trinajstić information content (AvgIpc) is 2.71. The summed E-state index contributed by atoms with van der Waals surface area (Å²) in [5, 5.41) is 3.20. The summed E-state index contributed by atoms with van der Waals surface area (Å²) in [5.74, 6) is -1.12. The minimum absolute atomic E-state index is 0.206. The molecule has 0 unspecified atom stereocenters. The van der Waals surface area contributed by atoms with E-state index in [4.69, 9.17) is 5.73 Å². The lowest BCUT2D eigenvalue weighted by Gasteiger charge is -2.08. The van der Waals surface area contributed by atoms with Gasteiger partial charge >= 0.3 is 6.18 Å². The molecule has 1 heterocycles. The molecule has 1 aromatic carbocycles. The first-order valence-corrected chi connectivity index (χ1v) is 5.73. The van der Waals surface area contributed by atoms with Crippen LogP contribution in [0.5, 0.6) is 0 Å². The number of hydrogen-bond donors (Lipinski definition) is 1. The third kappa shape index (κ3) is 2.57. The zero-order chi connectivity index (χ0) is 14.2. The third-order valence-corrected chi connectivity index (χ3v) is 2.84. The van der Waals surface area contributed by atoms with Crippen molar-refractivity contribution >= 4 is 5.82 Å². The molecule has 2 aromatic rings. The second kappa shape index (κ2) is 4.60. The predicted molar refractivity (Wildman–Crippen MR) is 65.4 cm³/mol. The fraction of sp³-hybridized carbons (Fsp3) is 0.308. The summed E-state index contributed by atoms with van der Waals surface area (Å²) < 4.78 is 42.6. The predicted octanol–water partition coefficient (Wildman–Crippen LogP) is 4.07. The zero-order valence-electron chi connectivity index (χ0n) is 10.5. The number of alkyl halides is 3. The smallest absolute Gasteiger partial charge is 0.380 e. The van der Waals surface area contributed by atoms with E-state index in [1.165, 1.54) is 0 Å². The van der Waals surface area contributed by atoms with Gasteiger partial charge in [-0.25, -0.2) is 0 Å². The van der Waals surface area contributed by atoms with Crippen molar-refractivity contribution < 1.29 is 17.7 Å². The van der Waals surface area contributed by atoms with Gasteiger partial charge in [-0.15, -0.1) is 0 Å². The first kappa shape index (κ1) is 13.5. The summed E-state index contributed by atoms with van der Waals surface area (Å²) in [4.78, 5) is 0. The lowest BCUT2D eigenvalue weighted by atomic mass is 9.98. The fourth-order valence-electron chi connectivity index (χ4n) is 1.81. The molecule has 0 fully saturated rings. The molecule has 19 heavy (non-hydrogen) atoms. The number of nitrogen functional groups attached to an aromatic ring is 1. The van der Waals surface area contributed by atoms with Crippen LogP contribution in [-0.4, -0.2) is 5.16 Å². The van der Waals surface area contributed by atoms with Crippen LogP contribution in [0.15, 0.2) is 28.8 Å². The van der Waals surface area contributed by atoms with Crippen LogP contribution in [0, 0.1) is 0 Å². The molecule has 6 heteroatoms. The maximum absolute atomic E-state index is 12.8. The highest BCUT2D eigenvalue weighted by Crippen LogP contribution is 2.40. The van der Waals surface area contributed by atoms with Crippen LogP contribution in [0.2, 0.25) is 0 Å². The minimum atomic E-state index is -4.61. The molecule has 2 rings (SSSR count). The van der Waals surface area contributed by atoms with Gasteiger partial charge in [0.25, 0.3) is 0 Å². The Labute approximate surface area is 108 Å². The molecule has 3 nitrogen and oxygen atoms in total. The van der Waals surface area contributed by atoms with Gasteiger partial charge in [0.05, 0.1) is 5.56 Å². The molecule has 102 valence electrons. The number of rotatable bonds is 2. The van der Waals surface area contributed by atoms with E-state index in [0.717, 1.165) is 5.56 Å². The number of benzene rings is 1. The van der Waals surface area contributed by atoms with Crippen molar-refractivity contribution in [2.75, 3.05) is 5.73 Å². The third-order valence-electron chi connectivity index (χ3n) is 2.84. The molecule has 0 atom stereocenters. The van der Waals surface area contributed by atoms with Crippen molar-refractivity contribution in [1.82, 2.24) is 5.16 Å². The molecule has 2 N–H and O–H groups in total. The Morgan fingerprint density at radius 1 is 1.16 bits per heavy atom. The van der Waals surface area contributed by atoms with E-state index in [-0.39, 0.29) is 11.4 Å². The second-order valence-electron chi connectivity index (χ2n) is 4.55. The van der Waals surface area contributed by atoms with Gasteiger partial charge in [0.15, 0.2) is 5.82 Å². The van der Waals surface area contributed by atoms with Crippen molar-refractivity contribution in [3.05, 3.63) is 35.6 Å². The van der Waals surface area contributed by atoms with Crippen LogP contribution in [0.25, 0.3) is 11.1 Å². The zero-order valence-corrected chi connectivity index (χ0v) is 10.5. The Morgan fingerprint density at radius 3 is 2.21 bits per heavy atom. The number of hydrogen-bond acceptors (Lipinski definition) is 3. The Morgan fingerprint density at radius 2 is 1.74 bits per heavy atom. The molecular weight excluding hydrogens is 257 g/mol. The molecule has 0 radical (unpaired) electrons. The molecule has 0 amide bonds. The van der Waals surface area contributed by atoms with Crippen molar-refractivity contribution in [2.45, 2.75) is 25.9 Å². The van der Waals surface area contributed by atoms with Gasteiger partial charge in [0.2, 0.25) is 5.76 Å². The van der Waals surface area contributed by atoms with Crippen LogP contribution in [0.4, 0.5) is 19.0 Å². The van der Waals surface area contributed by atoms with Gasteiger partial charge in [0.1, 0.15) is 0 Å².